The van der Waals surface area contributed by atoms with E-state index in [4.69, 9.17) is 11.5 Å². The third-order valence-corrected chi connectivity index (χ3v) is 2.48. The zero-order chi connectivity index (χ0) is 15.4. The molecular weight excluding hydrogens is 256 g/mol. The van der Waals surface area contributed by atoms with Crippen LogP contribution in [0.3, 0.4) is 0 Å². The van der Waals surface area contributed by atoms with Gasteiger partial charge in [0, 0.05) is 12.8 Å². The zero-order valence-corrected chi connectivity index (χ0v) is 11.7. The molecule has 20 heavy (non-hydrogen) atoms. The molecule has 2 atom stereocenters. The van der Waals surface area contributed by atoms with Gasteiger partial charge in [-0.1, -0.05) is 36.0 Å². The molecule has 0 heterocycles. The summed E-state index contributed by atoms with van der Waals surface area (Å²) in [5.41, 5.74) is 0.865. The summed E-state index contributed by atoms with van der Waals surface area (Å²) in [6.45, 7) is 1.84. The lowest BCUT2D eigenvalue weighted by atomic mass is 10.1. The van der Waals surface area contributed by atoms with E-state index in [9.17, 15) is 15.0 Å². The Morgan fingerprint density at radius 2 is 2.00 bits per heavy atom. The molecule has 0 aliphatic carbocycles. The Hall–Kier alpha value is -1.83. The Balaban J connectivity index is 4.11. The summed E-state index contributed by atoms with van der Waals surface area (Å²) in [6.07, 6.45) is 13.5. The fourth-order valence-corrected chi connectivity index (χ4v) is 1.49. The van der Waals surface area contributed by atoms with Crippen molar-refractivity contribution < 1.29 is 20.1 Å². The minimum absolute atomic E-state index is 0.0651. The molecule has 0 bridgehead atoms. The first kappa shape index (κ1) is 18.2. The number of carboxylic acids is 1. The normalized spacial score (nSPS) is 15.4. The lowest BCUT2D eigenvalue weighted by Crippen LogP contribution is -2.04. The highest BCUT2D eigenvalue weighted by Gasteiger charge is 2.02. The van der Waals surface area contributed by atoms with E-state index in [2.05, 4.69) is 5.92 Å². The smallest absolute Gasteiger partial charge is 0.303 e. The van der Waals surface area contributed by atoms with Crippen LogP contribution in [0, 0.1) is 12.3 Å². The Morgan fingerprint density at radius 1 is 1.30 bits per heavy atom. The predicted octanol–water partition coefficient (Wildman–Crippen LogP) is 2.05. The van der Waals surface area contributed by atoms with E-state index < -0.39 is 18.2 Å². The van der Waals surface area contributed by atoms with Crippen LogP contribution in [0.1, 0.15) is 32.6 Å². The van der Waals surface area contributed by atoms with Gasteiger partial charge < -0.3 is 15.3 Å². The van der Waals surface area contributed by atoms with Gasteiger partial charge in [0.15, 0.2) is 0 Å². The average Bonchev–Trinajstić information content (AvgIpc) is 2.34. The van der Waals surface area contributed by atoms with Crippen LogP contribution in [0.15, 0.2) is 36.0 Å². The van der Waals surface area contributed by atoms with E-state index in [0.717, 1.165) is 5.57 Å². The zero-order valence-electron chi connectivity index (χ0n) is 11.7. The molecule has 0 aromatic heterocycles. The first-order chi connectivity index (χ1) is 9.45. The highest BCUT2D eigenvalue weighted by atomic mass is 16.4. The molecule has 0 radical (unpaired) electrons. The van der Waals surface area contributed by atoms with Crippen molar-refractivity contribution in [3.63, 3.8) is 0 Å². The number of aliphatic carboxylic acids is 1. The molecule has 0 aromatic rings. The third kappa shape index (κ3) is 11.3. The van der Waals surface area contributed by atoms with Gasteiger partial charge in [0.05, 0.1) is 12.2 Å². The largest absolute Gasteiger partial charge is 0.481 e. The Morgan fingerprint density at radius 3 is 2.60 bits per heavy atom. The number of aliphatic hydroxyl groups excluding tert-OH is 2. The summed E-state index contributed by atoms with van der Waals surface area (Å²) >= 11 is 0. The molecule has 0 spiro atoms. The van der Waals surface area contributed by atoms with Crippen LogP contribution >= 0.6 is 0 Å². The molecular formula is C16H22O4. The first-order valence-corrected chi connectivity index (χ1v) is 6.50. The van der Waals surface area contributed by atoms with Gasteiger partial charge in [0.2, 0.25) is 0 Å². The van der Waals surface area contributed by atoms with Crippen LogP contribution in [0.25, 0.3) is 0 Å². The fraction of sp³-hybridized carbons (Fsp3) is 0.438. The van der Waals surface area contributed by atoms with Crippen molar-refractivity contribution in [1.82, 2.24) is 0 Å². The summed E-state index contributed by atoms with van der Waals surface area (Å²) in [5.74, 6) is 1.51. The van der Waals surface area contributed by atoms with Gasteiger partial charge in [0.1, 0.15) is 0 Å². The van der Waals surface area contributed by atoms with Crippen LogP contribution < -0.4 is 0 Å². The molecule has 4 heteroatoms. The standard InChI is InChI=1S/C16H22O4/c1-3-7-14(17)9-5-4-8-13(2)12-15(18)10-6-11-16(19)20/h1,4-5,8-9,12,14-15,17-18H,6-7,10-11H2,2H3,(H,19,20)/t14-,15?/m1/s1. The van der Waals surface area contributed by atoms with Crippen LogP contribution in [0.5, 0.6) is 0 Å². The molecule has 1 unspecified atom stereocenters. The van der Waals surface area contributed by atoms with Crippen molar-refractivity contribution in [3.05, 3.63) is 36.0 Å². The molecule has 0 fully saturated rings. The lowest BCUT2D eigenvalue weighted by Gasteiger charge is -2.04. The van der Waals surface area contributed by atoms with Crippen molar-refractivity contribution in [1.29, 1.82) is 0 Å². The number of terminal acetylenes is 1. The number of carboxylic acid groups (broad SMARTS) is 1. The maximum atomic E-state index is 10.3. The highest BCUT2D eigenvalue weighted by molar-refractivity contribution is 5.66. The SMILES string of the molecule is C#CC[C@@H](O)C=CC=CC(C)=CC(O)CCCC(=O)O. The molecule has 0 amide bonds. The number of hydrogen-bond donors (Lipinski definition) is 3. The van der Waals surface area contributed by atoms with Gasteiger partial charge in [-0.2, -0.15) is 0 Å². The Labute approximate surface area is 120 Å². The molecule has 0 aliphatic heterocycles. The van der Waals surface area contributed by atoms with Crippen LogP contribution in [0.2, 0.25) is 0 Å². The summed E-state index contributed by atoms with van der Waals surface area (Å²) in [7, 11) is 0. The van der Waals surface area contributed by atoms with Crippen molar-refractivity contribution in [2.24, 2.45) is 0 Å². The fourth-order valence-electron chi connectivity index (χ4n) is 1.49. The minimum Gasteiger partial charge on any atom is -0.481 e. The van der Waals surface area contributed by atoms with Gasteiger partial charge in [-0.05, 0) is 19.8 Å². The van der Waals surface area contributed by atoms with Crippen LogP contribution in [0.4, 0.5) is 0 Å². The molecule has 0 aliphatic rings. The minimum atomic E-state index is -0.853. The van der Waals surface area contributed by atoms with Crippen molar-refractivity contribution in [3.8, 4) is 12.3 Å². The Bertz CT molecular complexity index is 413. The molecule has 110 valence electrons. The van der Waals surface area contributed by atoms with E-state index in [1.54, 1.807) is 30.4 Å². The van der Waals surface area contributed by atoms with Gasteiger partial charge in [-0.15, -0.1) is 12.3 Å². The second kappa shape index (κ2) is 11.0. The predicted molar refractivity (Wildman–Crippen MR) is 79.0 cm³/mol. The quantitative estimate of drug-likeness (QED) is 0.445. The van der Waals surface area contributed by atoms with Gasteiger partial charge in [-0.25, -0.2) is 0 Å². The molecule has 0 saturated carbocycles. The maximum Gasteiger partial charge on any atom is 0.303 e. The number of carbonyl (C=O) groups is 1. The van der Waals surface area contributed by atoms with Gasteiger partial charge in [-0.3, -0.25) is 4.79 Å². The average molecular weight is 278 g/mol. The van der Waals surface area contributed by atoms with E-state index in [1.165, 1.54) is 0 Å². The van der Waals surface area contributed by atoms with E-state index in [0.29, 0.717) is 12.8 Å². The number of aliphatic hydroxyl groups is 2. The molecule has 0 aromatic carbocycles. The molecule has 4 nitrogen and oxygen atoms in total. The monoisotopic (exact) mass is 278 g/mol. The van der Waals surface area contributed by atoms with E-state index in [1.807, 2.05) is 6.92 Å². The van der Waals surface area contributed by atoms with Crippen molar-refractivity contribution in [2.45, 2.75) is 44.8 Å². The van der Waals surface area contributed by atoms with Gasteiger partial charge >= 0.3 is 5.97 Å². The third-order valence-electron chi connectivity index (χ3n) is 2.48. The topological polar surface area (TPSA) is 77.8 Å². The number of hydrogen-bond acceptors (Lipinski definition) is 3. The maximum absolute atomic E-state index is 10.3. The summed E-state index contributed by atoms with van der Waals surface area (Å²) in [6, 6.07) is 0. The second-order valence-corrected chi connectivity index (χ2v) is 4.48. The summed E-state index contributed by atoms with van der Waals surface area (Å²) in [5, 5.41) is 27.5. The molecule has 0 rings (SSSR count). The number of allylic oxidation sites excluding steroid dienone is 4. The van der Waals surface area contributed by atoms with Gasteiger partial charge in [0.25, 0.3) is 0 Å². The Kier molecular flexibility index (Phi) is 10.0. The summed E-state index contributed by atoms with van der Waals surface area (Å²) < 4.78 is 0. The summed E-state index contributed by atoms with van der Waals surface area (Å²) in [4.78, 5) is 10.3. The second-order valence-electron chi connectivity index (χ2n) is 4.48. The van der Waals surface area contributed by atoms with Crippen LogP contribution in [-0.2, 0) is 4.79 Å². The van der Waals surface area contributed by atoms with Crippen LogP contribution in [-0.4, -0.2) is 33.5 Å². The van der Waals surface area contributed by atoms with E-state index in [-0.39, 0.29) is 12.8 Å². The van der Waals surface area contributed by atoms with Crippen molar-refractivity contribution in [2.75, 3.05) is 0 Å². The molecule has 3 N–H and O–H groups in total. The highest BCUT2D eigenvalue weighted by Crippen LogP contribution is 2.06. The first-order valence-electron chi connectivity index (χ1n) is 6.50. The number of rotatable bonds is 9. The lowest BCUT2D eigenvalue weighted by molar-refractivity contribution is -0.137. The van der Waals surface area contributed by atoms with E-state index >= 15 is 0 Å². The van der Waals surface area contributed by atoms with Crippen molar-refractivity contribution >= 4 is 5.97 Å². The molecule has 0 saturated heterocycles.